The molecule has 1 atom stereocenters. The molecule has 0 unspecified atom stereocenters. The lowest BCUT2D eigenvalue weighted by atomic mass is 10.1. The molecule has 0 radical (unpaired) electrons. The van der Waals surface area contributed by atoms with Crippen molar-refractivity contribution in [1.82, 2.24) is 4.90 Å². The maximum Gasteiger partial charge on any atom is 0.266 e. The zero-order chi connectivity index (χ0) is 21.8. The van der Waals surface area contributed by atoms with E-state index in [0.717, 1.165) is 17.7 Å². The van der Waals surface area contributed by atoms with Crippen LogP contribution in [-0.2, 0) is 4.79 Å². The molecule has 2 aromatic carbocycles. The lowest BCUT2D eigenvalue weighted by Gasteiger charge is -2.22. The van der Waals surface area contributed by atoms with E-state index in [1.807, 2.05) is 57.2 Å². The molecule has 0 saturated carbocycles. The van der Waals surface area contributed by atoms with Gasteiger partial charge in [0.15, 0.2) is 16.7 Å². The van der Waals surface area contributed by atoms with Crippen molar-refractivity contribution in [2.24, 2.45) is 4.99 Å². The number of phenolic OH excluding ortho intramolecular Hbond substituents is 1. The summed E-state index contributed by atoms with van der Waals surface area (Å²) in [5.41, 5.74) is 2.79. The third-order valence-electron chi connectivity index (χ3n) is 4.78. The molecule has 1 aliphatic heterocycles. The number of benzene rings is 2. The average Bonchev–Trinajstić information content (AvgIpc) is 3.02. The van der Waals surface area contributed by atoms with E-state index in [1.165, 1.54) is 17.3 Å². The van der Waals surface area contributed by atoms with Gasteiger partial charge in [0.1, 0.15) is 0 Å². The summed E-state index contributed by atoms with van der Waals surface area (Å²) >= 11 is 3.44. The van der Waals surface area contributed by atoms with Gasteiger partial charge in [-0.15, -0.1) is 0 Å². The minimum atomic E-state index is -0.0544. The van der Waals surface area contributed by atoms with Gasteiger partial charge >= 0.3 is 0 Å². The van der Waals surface area contributed by atoms with Gasteiger partial charge in [-0.25, -0.2) is 4.99 Å². The van der Waals surface area contributed by atoms with Crippen molar-refractivity contribution >= 4 is 57.2 Å². The molecule has 158 valence electrons. The zero-order valence-electron chi connectivity index (χ0n) is 17.5. The summed E-state index contributed by atoms with van der Waals surface area (Å²) in [5.74, 6) is 0.480. The van der Waals surface area contributed by atoms with E-state index in [9.17, 15) is 9.90 Å². The predicted octanol–water partition coefficient (Wildman–Crippen LogP) is 6.11. The van der Waals surface area contributed by atoms with Gasteiger partial charge in [-0.05, 0) is 97.4 Å². The number of hydrogen-bond acceptors (Lipinski definition) is 5. The van der Waals surface area contributed by atoms with Gasteiger partial charge in [0.25, 0.3) is 5.91 Å². The molecule has 1 amide bonds. The minimum Gasteiger partial charge on any atom is -0.504 e. The summed E-state index contributed by atoms with van der Waals surface area (Å²) < 4.78 is 6.20. The fourth-order valence-electron chi connectivity index (χ4n) is 2.96. The van der Waals surface area contributed by atoms with Gasteiger partial charge in [-0.1, -0.05) is 24.6 Å². The van der Waals surface area contributed by atoms with E-state index in [0.29, 0.717) is 26.0 Å². The number of halogens is 1. The van der Waals surface area contributed by atoms with Crippen molar-refractivity contribution in [2.45, 2.75) is 40.2 Å². The molecule has 1 N–H and O–H groups in total. The van der Waals surface area contributed by atoms with Crippen LogP contribution in [0.3, 0.4) is 0 Å². The van der Waals surface area contributed by atoms with Crippen molar-refractivity contribution in [3.63, 3.8) is 0 Å². The van der Waals surface area contributed by atoms with Crippen LogP contribution in [0.4, 0.5) is 5.69 Å². The molecular formula is C23H25IN2O3S. The smallest absolute Gasteiger partial charge is 0.266 e. The Bertz CT molecular complexity index is 1000. The molecule has 1 fully saturated rings. The molecule has 30 heavy (non-hydrogen) atoms. The Balaban J connectivity index is 2.00. The van der Waals surface area contributed by atoms with E-state index in [-0.39, 0.29) is 17.7 Å². The van der Waals surface area contributed by atoms with Crippen LogP contribution in [-0.4, -0.2) is 33.7 Å². The van der Waals surface area contributed by atoms with Crippen LogP contribution in [0, 0.1) is 10.5 Å². The highest BCUT2D eigenvalue weighted by Gasteiger charge is 2.36. The quantitative estimate of drug-likeness (QED) is 0.358. The second-order valence-electron chi connectivity index (χ2n) is 7.06. The van der Waals surface area contributed by atoms with E-state index in [1.54, 1.807) is 11.0 Å². The molecule has 7 heteroatoms. The Hall–Kier alpha value is -2.00. The second-order valence-corrected chi connectivity index (χ2v) is 9.23. The van der Waals surface area contributed by atoms with Crippen LogP contribution in [0.15, 0.2) is 46.3 Å². The van der Waals surface area contributed by atoms with Gasteiger partial charge in [0.2, 0.25) is 0 Å². The topological polar surface area (TPSA) is 62.1 Å². The summed E-state index contributed by atoms with van der Waals surface area (Å²) in [6.45, 7) is 8.44. The number of aromatic hydroxyl groups is 1. The third kappa shape index (κ3) is 5.00. The van der Waals surface area contributed by atoms with Crippen molar-refractivity contribution in [1.29, 1.82) is 0 Å². The molecular weight excluding hydrogens is 511 g/mol. The number of phenols is 1. The van der Waals surface area contributed by atoms with Crippen molar-refractivity contribution in [2.75, 3.05) is 6.61 Å². The summed E-state index contributed by atoms with van der Waals surface area (Å²) in [4.78, 5) is 20.3. The number of hydrogen-bond donors (Lipinski definition) is 1. The molecule has 0 aliphatic carbocycles. The van der Waals surface area contributed by atoms with Crippen LogP contribution < -0.4 is 4.74 Å². The van der Waals surface area contributed by atoms with Crippen molar-refractivity contribution in [3.8, 4) is 11.5 Å². The van der Waals surface area contributed by atoms with Gasteiger partial charge in [-0.2, -0.15) is 0 Å². The molecule has 2 aromatic rings. The number of ether oxygens (including phenoxy) is 1. The zero-order valence-corrected chi connectivity index (χ0v) is 20.5. The Labute approximate surface area is 195 Å². The third-order valence-corrected chi connectivity index (χ3v) is 6.58. The number of carbonyl (C=O) groups is 1. The minimum absolute atomic E-state index is 0.0408. The molecule has 0 spiro atoms. The first-order valence-corrected chi connectivity index (χ1v) is 11.8. The van der Waals surface area contributed by atoms with Gasteiger partial charge in [-0.3, -0.25) is 9.69 Å². The number of nitrogens with zero attached hydrogens (tertiary/aromatic N) is 2. The first-order valence-electron chi connectivity index (χ1n) is 9.87. The summed E-state index contributed by atoms with van der Waals surface area (Å²) in [6, 6.07) is 11.6. The molecule has 0 bridgehead atoms. The Morgan fingerprint density at radius 1 is 1.27 bits per heavy atom. The predicted molar refractivity (Wildman–Crippen MR) is 132 cm³/mol. The van der Waals surface area contributed by atoms with Crippen LogP contribution >= 0.6 is 34.4 Å². The number of amides is 1. The molecule has 5 nitrogen and oxygen atoms in total. The second kappa shape index (κ2) is 9.87. The number of rotatable bonds is 6. The van der Waals surface area contributed by atoms with Crippen LogP contribution in [0.25, 0.3) is 6.08 Å². The maximum absolute atomic E-state index is 13.2. The van der Waals surface area contributed by atoms with E-state index in [4.69, 9.17) is 9.73 Å². The molecule has 1 heterocycles. The number of amidine groups is 1. The van der Waals surface area contributed by atoms with Gasteiger partial charge in [0, 0.05) is 6.04 Å². The monoisotopic (exact) mass is 536 g/mol. The fraction of sp³-hybridized carbons (Fsp3) is 0.304. The van der Waals surface area contributed by atoms with Gasteiger partial charge in [0.05, 0.1) is 20.8 Å². The Kier molecular flexibility index (Phi) is 7.46. The molecule has 0 aromatic heterocycles. The lowest BCUT2D eigenvalue weighted by molar-refractivity contribution is -0.123. The Morgan fingerprint density at radius 3 is 2.60 bits per heavy atom. The summed E-state index contributed by atoms with van der Waals surface area (Å²) in [5, 5.41) is 10.9. The van der Waals surface area contributed by atoms with Crippen molar-refractivity contribution in [3.05, 3.63) is 56.0 Å². The first-order chi connectivity index (χ1) is 14.3. The summed E-state index contributed by atoms with van der Waals surface area (Å²) in [6.07, 6.45) is 2.67. The highest BCUT2D eigenvalue weighted by atomic mass is 127. The van der Waals surface area contributed by atoms with Crippen LogP contribution in [0.2, 0.25) is 0 Å². The number of aliphatic imine (C=N–C) groups is 1. The number of thioether (sulfide) groups is 1. The average molecular weight is 536 g/mol. The number of carbonyl (C=O) groups excluding carboxylic acids is 1. The standard InChI is InChI=1S/C23H25IN2O3S/c1-5-15(4)26-22(28)20(30-23(26)25-17-9-7-14(3)8-10-17)13-16-11-18(24)21(27)19(12-16)29-6-2/h7-13,15,27H,5-6H2,1-4H3/b20-13+,25-23?/t15-/m1/s1. The Morgan fingerprint density at radius 2 is 1.97 bits per heavy atom. The normalized spacial score (nSPS) is 17.8. The fourth-order valence-corrected chi connectivity index (χ4v) is 4.67. The maximum atomic E-state index is 13.2. The number of aryl methyl sites for hydroxylation is 1. The SMILES string of the molecule is CCOc1cc(/C=C2/SC(=Nc3ccc(C)cc3)N([C@H](C)CC)C2=O)cc(I)c1O. The van der Waals surface area contributed by atoms with E-state index >= 15 is 0 Å². The largest absolute Gasteiger partial charge is 0.504 e. The lowest BCUT2D eigenvalue weighted by Crippen LogP contribution is -2.36. The van der Waals surface area contributed by atoms with Crippen molar-refractivity contribution < 1.29 is 14.6 Å². The summed E-state index contributed by atoms with van der Waals surface area (Å²) in [7, 11) is 0. The van der Waals surface area contributed by atoms with E-state index < -0.39 is 0 Å². The molecule has 1 aliphatic rings. The van der Waals surface area contributed by atoms with E-state index in [2.05, 4.69) is 29.5 Å². The van der Waals surface area contributed by atoms with Crippen LogP contribution in [0.5, 0.6) is 11.5 Å². The molecule has 1 saturated heterocycles. The molecule has 3 rings (SSSR count). The van der Waals surface area contributed by atoms with Crippen LogP contribution in [0.1, 0.15) is 38.3 Å². The van der Waals surface area contributed by atoms with Gasteiger partial charge < -0.3 is 9.84 Å². The highest BCUT2D eigenvalue weighted by Crippen LogP contribution is 2.38. The first kappa shape index (κ1) is 22.7. The highest BCUT2D eigenvalue weighted by molar-refractivity contribution is 14.1.